The molecule has 0 radical (unpaired) electrons. The first-order valence-corrected chi connectivity index (χ1v) is 11.4. The summed E-state index contributed by atoms with van der Waals surface area (Å²) in [6.07, 6.45) is 1.74. The minimum Gasteiger partial charge on any atom is -0.489 e. The summed E-state index contributed by atoms with van der Waals surface area (Å²) >= 11 is 3.62. The predicted octanol–water partition coefficient (Wildman–Crippen LogP) is 4.91. The van der Waals surface area contributed by atoms with Gasteiger partial charge in [0, 0.05) is 15.9 Å². The first kappa shape index (κ1) is 23.2. The van der Waals surface area contributed by atoms with E-state index in [0.717, 1.165) is 21.0 Å². The molecule has 1 atom stereocenters. The number of ether oxygens (including phenoxy) is 3. The van der Waals surface area contributed by atoms with Crippen molar-refractivity contribution in [2.75, 3.05) is 19.8 Å². The van der Waals surface area contributed by atoms with Crippen molar-refractivity contribution in [3.8, 4) is 5.75 Å². The van der Waals surface area contributed by atoms with Crippen LogP contribution in [0.1, 0.15) is 35.7 Å². The molecule has 2 aromatic carbocycles. The van der Waals surface area contributed by atoms with E-state index in [9.17, 15) is 14.0 Å². The highest BCUT2D eigenvalue weighted by molar-refractivity contribution is 9.10. The van der Waals surface area contributed by atoms with Crippen LogP contribution >= 0.6 is 15.9 Å². The molecule has 3 aromatic rings. The normalized spacial score (nSPS) is 17.3. The summed E-state index contributed by atoms with van der Waals surface area (Å²) in [5, 5.41) is 0.764. The van der Waals surface area contributed by atoms with Crippen LogP contribution in [0, 0.1) is 12.7 Å². The molecule has 6 nitrogen and oxygen atoms in total. The van der Waals surface area contributed by atoms with Crippen molar-refractivity contribution in [1.29, 1.82) is 0 Å². The molecule has 4 rings (SSSR count). The molecule has 0 spiro atoms. The molecular weight excluding hydrogens is 493 g/mol. The van der Waals surface area contributed by atoms with Gasteiger partial charge in [-0.25, -0.2) is 9.18 Å². The number of rotatable bonds is 7. The molecule has 0 bridgehead atoms. The lowest BCUT2D eigenvalue weighted by Crippen LogP contribution is -2.39. The lowest BCUT2D eigenvalue weighted by atomic mass is 9.82. The van der Waals surface area contributed by atoms with E-state index in [2.05, 4.69) is 20.9 Å². The zero-order valence-corrected chi connectivity index (χ0v) is 19.9. The molecule has 1 aliphatic rings. The topological polar surface area (TPSA) is 77.6 Å². The third kappa shape index (κ3) is 4.22. The maximum Gasteiger partial charge on any atom is 0.309 e. The molecule has 0 aliphatic carbocycles. The Bertz CT molecular complexity index is 1250. The molecule has 0 fully saturated rings. The number of aromatic amines is 1. The number of esters is 1. The van der Waals surface area contributed by atoms with Crippen molar-refractivity contribution in [3.63, 3.8) is 0 Å². The highest BCUT2D eigenvalue weighted by Gasteiger charge is 2.45. The standard InChI is InChI=1S/C25H23BrFNO5/c1-3-31-20(30)14-25(16-5-7-17(8-6-16)32-11-4-10-29)24-18(9-12-33-25)21-22(26)15(2)13-19(27)23(21)28-24/h4-8,13,28H,3,9,11-12,14H2,1-2H3. The van der Waals surface area contributed by atoms with Crippen LogP contribution < -0.4 is 4.74 Å². The lowest BCUT2D eigenvalue weighted by molar-refractivity contribution is -0.151. The SMILES string of the molecule is CCOC(=O)CC1(c2ccc(OCC=C=O)cc2)OCCc2c1[nH]c1c(F)cc(C)c(Br)c21. The van der Waals surface area contributed by atoms with Crippen molar-refractivity contribution in [2.45, 2.75) is 32.3 Å². The van der Waals surface area contributed by atoms with E-state index in [0.29, 0.717) is 35.6 Å². The smallest absolute Gasteiger partial charge is 0.309 e. The zero-order chi connectivity index (χ0) is 23.6. The first-order chi connectivity index (χ1) is 15.9. The fourth-order valence-electron chi connectivity index (χ4n) is 4.35. The third-order valence-electron chi connectivity index (χ3n) is 5.79. The Labute approximate surface area is 198 Å². The number of aryl methyl sites for hydroxylation is 1. The van der Waals surface area contributed by atoms with Gasteiger partial charge in [-0.2, -0.15) is 0 Å². The van der Waals surface area contributed by atoms with Gasteiger partial charge >= 0.3 is 5.97 Å². The molecule has 0 amide bonds. The van der Waals surface area contributed by atoms with Gasteiger partial charge in [0.2, 0.25) is 0 Å². The van der Waals surface area contributed by atoms with Crippen LogP contribution in [-0.2, 0) is 31.1 Å². The number of carbonyl (C=O) groups is 1. The summed E-state index contributed by atoms with van der Waals surface area (Å²) in [6, 6.07) is 8.55. The number of carbonyl (C=O) groups excluding carboxylic acids is 2. The average molecular weight is 516 g/mol. The summed E-state index contributed by atoms with van der Waals surface area (Å²) in [5.74, 6) is 1.43. The van der Waals surface area contributed by atoms with Gasteiger partial charge in [0.1, 0.15) is 29.7 Å². The number of fused-ring (bicyclic) bond motifs is 3. The summed E-state index contributed by atoms with van der Waals surface area (Å²) in [6.45, 7) is 4.28. The van der Waals surface area contributed by atoms with Crippen molar-refractivity contribution in [1.82, 2.24) is 4.98 Å². The second-order valence-corrected chi connectivity index (χ2v) is 8.58. The molecule has 1 N–H and O–H groups in total. The quantitative estimate of drug-likeness (QED) is 0.357. The van der Waals surface area contributed by atoms with E-state index < -0.39 is 11.6 Å². The number of hydrogen-bond acceptors (Lipinski definition) is 5. The molecule has 0 saturated heterocycles. The predicted molar refractivity (Wildman–Crippen MR) is 125 cm³/mol. The largest absolute Gasteiger partial charge is 0.489 e. The highest BCUT2D eigenvalue weighted by atomic mass is 79.9. The molecule has 1 aliphatic heterocycles. The maximum absolute atomic E-state index is 14.9. The number of halogens is 2. The van der Waals surface area contributed by atoms with E-state index >= 15 is 0 Å². The fourth-order valence-corrected chi connectivity index (χ4v) is 4.91. The Hall–Kier alpha value is -2.93. The average Bonchev–Trinajstić information content (AvgIpc) is 3.20. The molecule has 1 unspecified atom stereocenters. The highest BCUT2D eigenvalue weighted by Crippen LogP contribution is 2.46. The summed E-state index contributed by atoms with van der Waals surface area (Å²) in [5.41, 5.74) is 2.23. The minimum absolute atomic E-state index is 0.0764. The van der Waals surface area contributed by atoms with Gasteiger partial charge in [-0.05, 0) is 71.1 Å². The number of aromatic nitrogens is 1. The van der Waals surface area contributed by atoms with Crippen LogP contribution in [0.4, 0.5) is 4.39 Å². The number of benzene rings is 2. The Morgan fingerprint density at radius 3 is 2.82 bits per heavy atom. The zero-order valence-electron chi connectivity index (χ0n) is 18.3. The Morgan fingerprint density at radius 2 is 2.12 bits per heavy atom. The van der Waals surface area contributed by atoms with E-state index in [4.69, 9.17) is 14.2 Å². The molecular formula is C25H23BrFNO5. The van der Waals surface area contributed by atoms with Gasteiger partial charge in [0.05, 0.1) is 30.8 Å². The number of hydrogen-bond donors (Lipinski definition) is 1. The monoisotopic (exact) mass is 515 g/mol. The lowest BCUT2D eigenvalue weighted by Gasteiger charge is -2.37. The van der Waals surface area contributed by atoms with Gasteiger partial charge in [-0.1, -0.05) is 12.1 Å². The van der Waals surface area contributed by atoms with Crippen molar-refractivity contribution in [2.24, 2.45) is 0 Å². The van der Waals surface area contributed by atoms with Crippen molar-refractivity contribution < 1.29 is 28.2 Å². The molecule has 0 saturated carbocycles. The van der Waals surface area contributed by atoms with E-state index in [1.54, 1.807) is 37.1 Å². The Kier molecular flexibility index (Phi) is 6.70. The van der Waals surface area contributed by atoms with Gasteiger partial charge in [-0.3, -0.25) is 4.79 Å². The van der Waals surface area contributed by atoms with E-state index in [1.807, 2.05) is 6.92 Å². The molecule has 1 aromatic heterocycles. The van der Waals surface area contributed by atoms with Crippen LogP contribution in [0.5, 0.6) is 5.75 Å². The van der Waals surface area contributed by atoms with E-state index in [1.165, 1.54) is 12.1 Å². The summed E-state index contributed by atoms with van der Waals surface area (Å²) in [4.78, 5) is 26.3. The van der Waals surface area contributed by atoms with Crippen LogP contribution in [0.2, 0.25) is 0 Å². The van der Waals surface area contributed by atoms with Gasteiger partial charge in [0.15, 0.2) is 0 Å². The fraction of sp³-hybridized carbons (Fsp3) is 0.320. The first-order valence-electron chi connectivity index (χ1n) is 10.6. The van der Waals surface area contributed by atoms with Crippen LogP contribution in [0.3, 0.4) is 0 Å². The van der Waals surface area contributed by atoms with Gasteiger partial charge in [-0.15, -0.1) is 0 Å². The third-order valence-corrected chi connectivity index (χ3v) is 6.81. The van der Waals surface area contributed by atoms with Crippen molar-refractivity contribution in [3.05, 3.63) is 69.1 Å². The molecule has 2 heterocycles. The Balaban J connectivity index is 1.88. The Morgan fingerprint density at radius 1 is 1.36 bits per heavy atom. The van der Waals surface area contributed by atoms with Crippen LogP contribution in [-0.4, -0.2) is 36.7 Å². The van der Waals surface area contributed by atoms with Gasteiger partial charge in [0.25, 0.3) is 0 Å². The maximum atomic E-state index is 14.9. The molecule has 8 heteroatoms. The molecule has 33 heavy (non-hydrogen) atoms. The van der Waals surface area contributed by atoms with Gasteiger partial charge < -0.3 is 19.2 Å². The van der Waals surface area contributed by atoms with Crippen LogP contribution in [0.25, 0.3) is 10.9 Å². The van der Waals surface area contributed by atoms with E-state index in [-0.39, 0.29) is 25.5 Å². The summed E-state index contributed by atoms with van der Waals surface area (Å²) in [7, 11) is 0. The number of H-pyrrole nitrogens is 1. The minimum atomic E-state index is -1.18. The van der Waals surface area contributed by atoms with Crippen molar-refractivity contribution >= 4 is 38.7 Å². The summed E-state index contributed by atoms with van der Waals surface area (Å²) < 4.78 is 32.8. The van der Waals surface area contributed by atoms with Crippen LogP contribution in [0.15, 0.2) is 40.9 Å². The second kappa shape index (κ2) is 9.51. The molecule has 172 valence electrons. The number of nitrogens with one attached hydrogen (secondary N) is 1. The second-order valence-electron chi connectivity index (χ2n) is 7.78.